The molecule has 1 N–H and O–H groups in total. The van der Waals surface area contributed by atoms with Gasteiger partial charge < -0.3 is 10.1 Å². The van der Waals surface area contributed by atoms with E-state index in [1.54, 1.807) is 0 Å². The van der Waals surface area contributed by atoms with Crippen molar-refractivity contribution in [1.29, 1.82) is 5.26 Å². The highest BCUT2D eigenvalue weighted by molar-refractivity contribution is 14.1. The van der Waals surface area contributed by atoms with E-state index in [0.717, 1.165) is 24.5 Å². The van der Waals surface area contributed by atoms with Crippen LogP contribution in [0.1, 0.15) is 16.7 Å². The van der Waals surface area contributed by atoms with Gasteiger partial charge in [-0.3, -0.25) is 14.9 Å². The number of nitro groups is 1. The van der Waals surface area contributed by atoms with Crippen LogP contribution in [0.3, 0.4) is 0 Å². The minimum Gasteiger partial charge on any atom is -0.487 e. The number of nitrogens with zero attached hydrogens (tertiary/aromatic N) is 2. The Morgan fingerprint density at radius 2 is 1.82 bits per heavy atom. The van der Waals surface area contributed by atoms with Gasteiger partial charge in [0.05, 0.1) is 22.8 Å². The summed E-state index contributed by atoms with van der Waals surface area (Å²) in [6.07, 6.45) is 1.46. The van der Waals surface area contributed by atoms with Crippen molar-refractivity contribution in [3.05, 3.63) is 99.1 Å². The summed E-state index contributed by atoms with van der Waals surface area (Å²) >= 11 is 10.3. The second-order valence-corrected chi connectivity index (χ2v) is 9.86. The first-order valence-electron chi connectivity index (χ1n) is 9.72. The van der Waals surface area contributed by atoms with Gasteiger partial charge in [-0.25, -0.2) is 0 Å². The standard InChI is InChI=1S/C24H16ClI2N3O4/c1-14-2-4-15(5-3-14)13-34-23-20(26)9-16(10-21(23)27)8-17(12-28)24(31)29-22-7-6-18(30(32)33)11-19(22)25/h2-11H,13H2,1H3,(H,29,31)/b17-8-. The van der Waals surface area contributed by atoms with E-state index in [1.807, 2.05) is 49.4 Å². The quantitative estimate of drug-likeness (QED) is 0.0951. The van der Waals surface area contributed by atoms with Gasteiger partial charge in [0.25, 0.3) is 11.6 Å². The third-order valence-corrected chi connectivity index (χ3v) is 6.53. The van der Waals surface area contributed by atoms with E-state index >= 15 is 0 Å². The molecular weight excluding hydrogens is 684 g/mol. The number of nitrogens with one attached hydrogen (secondary N) is 1. The number of carbonyl (C=O) groups excluding carboxylic acids is 1. The van der Waals surface area contributed by atoms with Crippen LogP contribution >= 0.6 is 56.8 Å². The molecule has 34 heavy (non-hydrogen) atoms. The summed E-state index contributed by atoms with van der Waals surface area (Å²) in [6.45, 7) is 2.45. The molecule has 3 aromatic carbocycles. The molecule has 172 valence electrons. The Labute approximate surface area is 228 Å². The van der Waals surface area contributed by atoms with Gasteiger partial charge in [-0.15, -0.1) is 0 Å². The number of halogens is 3. The maximum atomic E-state index is 12.6. The van der Waals surface area contributed by atoms with Crippen molar-refractivity contribution >= 4 is 80.1 Å². The van der Waals surface area contributed by atoms with Crippen molar-refractivity contribution in [3.8, 4) is 11.8 Å². The molecule has 3 aromatic rings. The number of rotatable bonds is 7. The van der Waals surface area contributed by atoms with Crippen molar-refractivity contribution in [3.63, 3.8) is 0 Å². The number of non-ortho nitro benzene ring substituents is 1. The third-order valence-electron chi connectivity index (χ3n) is 4.61. The molecule has 0 aliphatic rings. The Balaban J connectivity index is 1.77. The number of amides is 1. The molecule has 0 aromatic heterocycles. The zero-order valence-corrected chi connectivity index (χ0v) is 22.7. The largest absolute Gasteiger partial charge is 0.487 e. The molecule has 3 rings (SSSR count). The smallest absolute Gasteiger partial charge is 0.271 e. The monoisotopic (exact) mass is 699 g/mol. The molecule has 0 radical (unpaired) electrons. The van der Waals surface area contributed by atoms with Gasteiger partial charge in [-0.1, -0.05) is 41.4 Å². The minimum absolute atomic E-state index is 0.000912. The third kappa shape index (κ3) is 6.68. The molecule has 0 spiro atoms. The number of ether oxygens (including phenoxy) is 1. The van der Waals surface area contributed by atoms with Gasteiger partial charge in [0.2, 0.25) is 0 Å². The van der Waals surface area contributed by atoms with Crippen molar-refractivity contribution in [1.82, 2.24) is 0 Å². The summed E-state index contributed by atoms with van der Waals surface area (Å²) < 4.78 is 7.67. The van der Waals surface area contributed by atoms with Crippen LogP contribution < -0.4 is 10.1 Å². The van der Waals surface area contributed by atoms with Crippen LogP contribution in [0, 0.1) is 35.5 Å². The summed E-state index contributed by atoms with van der Waals surface area (Å²) in [7, 11) is 0. The van der Waals surface area contributed by atoms with Gasteiger partial charge >= 0.3 is 0 Å². The summed E-state index contributed by atoms with van der Waals surface area (Å²) in [6, 6.07) is 17.3. The molecule has 0 unspecified atom stereocenters. The topological polar surface area (TPSA) is 105 Å². The maximum absolute atomic E-state index is 12.6. The Bertz CT molecular complexity index is 1310. The van der Waals surface area contributed by atoms with Crippen LogP contribution in [0.25, 0.3) is 6.08 Å². The molecule has 0 fully saturated rings. The Morgan fingerprint density at radius 3 is 2.38 bits per heavy atom. The van der Waals surface area contributed by atoms with Crippen molar-refractivity contribution in [2.24, 2.45) is 0 Å². The normalized spacial score (nSPS) is 11.0. The van der Waals surface area contributed by atoms with Gasteiger partial charge in [0, 0.05) is 12.1 Å². The Kier molecular flexibility index (Phi) is 8.87. The number of aryl methyl sites for hydroxylation is 1. The number of carbonyl (C=O) groups is 1. The van der Waals surface area contributed by atoms with E-state index in [-0.39, 0.29) is 22.0 Å². The van der Waals surface area contributed by atoms with Crippen LogP contribution in [0.15, 0.2) is 60.2 Å². The van der Waals surface area contributed by atoms with Gasteiger partial charge in [0.15, 0.2) is 0 Å². The van der Waals surface area contributed by atoms with Crippen LogP contribution in [0.2, 0.25) is 5.02 Å². The number of benzene rings is 3. The highest BCUT2D eigenvalue weighted by atomic mass is 127. The van der Waals surface area contributed by atoms with Crippen LogP contribution in [0.4, 0.5) is 11.4 Å². The predicted octanol–water partition coefficient (Wildman–Crippen LogP) is 6.89. The summed E-state index contributed by atoms with van der Waals surface area (Å²) in [4.78, 5) is 22.9. The van der Waals surface area contributed by atoms with E-state index in [1.165, 1.54) is 23.8 Å². The molecule has 0 aliphatic carbocycles. The first-order chi connectivity index (χ1) is 16.2. The molecular formula is C24H16ClI2N3O4. The van der Waals surface area contributed by atoms with Crippen LogP contribution in [-0.2, 0) is 11.4 Å². The van der Waals surface area contributed by atoms with Crippen molar-refractivity contribution in [2.75, 3.05) is 5.32 Å². The number of nitriles is 1. The maximum Gasteiger partial charge on any atom is 0.271 e. The van der Waals surface area contributed by atoms with Crippen molar-refractivity contribution < 1.29 is 14.5 Å². The minimum atomic E-state index is -0.678. The fourth-order valence-corrected chi connectivity index (χ4v) is 5.21. The Morgan fingerprint density at radius 1 is 1.18 bits per heavy atom. The average molecular weight is 700 g/mol. The Hall–Kier alpha value is -2.69. The molecule has 1 amide bonds. The van der Waals surface area contributed by atoms with Gasteiger partial charge in [-0.2, -0.15) is 5.26 Å². The van der Waals surface area contributed by atoms with E-state index in [4.69, 9.17) is 16.3 Å². The van der Waals surface area contributed by atoms with Crippen molar-refractivity contribution in [2.45, 2.75) is 13.5 Å². The highest BCUT2D eigenvalue weighted by Crippen LogP contribution is 2.31. The summed E-state index contributed by atoms with van der Waals surface area (Å²) in [5.74, 6) is 0.0440. The van der Waals surface area contributed by atoms with Gasteiger partial charge in [0.1, 0.15) is 24.0 Å². The molecule has 0 saturated carbocycles. The molecule has 0 saturated heterocycles. The summed E-state index contributed by atoms with van der Waals surface area (Å²) in [5.41, 5.74) is 2.70. The van der Waals surface area contributed by atoms with E-state index in [9.17, 15) is 20.2 Å². The predicted molar refractivity (Wildman–Crippen MR) is 148 cm³/mol. The van der Waals surface area contributed by atoms with Crippen LogP contribution in [-0.4, -0.2) is 10.8 Å². The number of hydrogen-bond acceptors (Lipinski definition) is 5. The molecule has 0 bridgehead atoms. The zero-order valence-electron chi connectivity index (χ0n) is 17.6. The average Bonchev–Trinajstić information content (AvgIpc) is 2.79. The lowest BCUT2D eigenvalue weighted by atomic mass is 10.1. The van der Waals surface area contributed by atoms with Gasteiger partial charge in [-0.05, 0) is 87.5 Å². The first-order valence-corrected chi connectivity index (χ1v) is 12.3. The fourth-order valence-electron chi connectivity index (χ4n) is 2.86. The number of nitro benzene ring substituents is 1. The number of anilines is 1. The molecule has 10 heteroatoms. The van der Waals surface area contributed by atoms with E-state index in [2.05, 4.69) is 50.5 Å². The molecule has 0 aliphatic heterocycles. The lowest BCUT2D eigenvalue weighted by molar-refractivity contribution is -0.384. The molecule has 0 atom stereocenters. The highest BCUT2D eigenvalue weighted by Gasteiger charge is 2.15. The lowest BCUT2D eigenvalue weighted by Crippen LogP contribution is -2.13. The summed E-state index contributed by atoms with van der Waals surface area (Å²) in [5, 5.41) is 22.9. The van der Waals surface area contributed by atoms with Crippen LogP contribution in [0.5, 0.6) is 5.75 Å². The lowest BCUT2D eigenvalue weighted by Gasteiger charge is -2.12. The number of hydrogen-bond donors (Lipinski definition) is 1. The van der Waals surface area contributed by atoms with E-state index in [0.29, 0.717) is 12.2 Å². The molecule has 0 heterocycles. The fraction of sp³-hybridized carbons (Fsp3) is 0.0833. The second kappa shape index (κ2) is 11.6. The first kappa shape index (κ1) is 25.9. The second-order valence-electron chi connectivity index (χ2n) is 7.13. The SMILES string of the molecule is Cc1ccc(COc2c(I)cc(/C=C(/C#N)C(=O)Nc3ccc([N+](=O)[O-])cc3Cl)cc2I)cc1. The van der Waals surface area contributed by atoms with E-state index < -0.39 is 10.8 Å². The zero-order chi connectivity index (χ0) is 24.8. The molecule has 7 nitrogen and oxygen atoms in total.